The molecule has 0 aromatic carbocycles. The van der Waals surface area contributed by atoms with Crippen molar-refractivity contribution >= 4 is 0 Å². The van der Waals surface area contributed by atoms with E-state index in [0.29, 0.717) is 5.92 Å². The van der Waals surface area contributed by atoms with Crippen molar-refractivity contribution in [3.05, 3.63) is 11.9 Å². The smallest absolute Gasteiger partial charge is 0.0855 e. The average Bonchev–Trinajstić information content (AvgIpc) is 2.55. The predicted octanol–water partition coefficient (Wildman–Crippen LogP) is 1.71. The highest BCUT2D eigenvalue weighted by molar-refractivity contribution is 5.03. The van der Waals surface area contributed by atoms with E-state index in [-0.39, 0.29) is 0 Å². The Bertz CT molecular complexity index is 217. The van der Waals surface area contributed by atoms with Gasteiger partial charge in [0.05, 0.1) is 11.9 Å². The van der Waals surface area contributed by atoms with E-state index in [1.165, 1.54) is 19.3 Å². The average molecular weight is 151 g/mol. The van der Waals surface area contributed by atoms with Gasteiger partial charge in [0, 0.05) is 5.92 Å². The molecule has 0 bridgehead atoms. The van der Waals surface area contributed by atoms with Crippen molar-refractivity contribution in [2.75, 3.05) is 0 Å². The number of hydrogen-bond acceptors (Lipinski definition) is 2. The lowest BCUT2D eigenvalue weighted by molar-refractivity contribution is 0.591. The number of H-pyrrole nitrogens is 1. The summed E-state index contributed by atoms with van der Waals surface area (Å²) >= 11 is 0. The molecule has 3 nitrogen and oxygen atoms in total. The van der Waals surface area contributed by atoms with Crippen LogP contribution in [0, 0.1) is 5.92 Å². The lowest BCUT2D eigenvalue weighted by Gasteiger charge is -2.02. The predicted molar refractivity (Wildman–Crippen MR) is 42.1 cm³/mol. The molecule has 1 aromatic heterocycles. The van der Waals surface area contributed by atoms with E-state index in [2.05, 4.69) is 22.3 Å². The molecule has 1 heterocycles. The van der Waals surface area contributed by atoms with Crippen LogP contribution >= 0.6 is 0 Å². The highest BCUT2D eigenvalue weighted by atomic mass is 15.3. The van der Waals surface area contributed by atoms with Crippen LogP contribution in [0.25, 0.3) is 0 Å². The molecule has 0 amide bonds. The van der Waals surface area contributed by atoms with Gasteiger partial charge in [-0.05, 0) is 18.8 Å². The summed E-state index contributed by atoms with van der Waals surface area (Å²) in [6.45, 7) is 2.31. The first-order valence-electron chi connectivity index (χ1n) is 4.22. The van der Waals surface area contributed by atoms with E-state index < -0.39 is 0 Å². The van der Waals surface area contributed by atoms with Crippen molar-refractivity contribution in [2.45, 2.75) is 32.1 Å². The fourth-order valence-electron chi connectivity index (χ4n) is 1.88. The summed E-state index contributed by atoms with van der Waals surface area (Å²) in [6, 6.07) is 0. The molecule has 2 rings (SSSR count). The third-order valence-corrected chi connectivity index (χ3v) is 2.55. The third kappa shape index (κ3) is 1.27. The van der Waals surface area contributed by atoms with Crippen LogP contribution in [0.1, 0.15) is 37.8 Å². The molecular formula is C8H13N3. The molecule has 3 heteroatoms. The van der Waals surface area contributed by atoms with Crippen molar-refractivity contribution in [3.8, 4) is 0 Å². The number of nitrogens with one attached hydrogen (secondary N) is 1. The number of hydrogen-bond donors (Lipinski definition) is 1. The number of aromatic amines is 1. The van der Waals surface area contributed by atoms with Crippen LogP contribution in [0.15, 0.2) is 6.20 Å². The van der Waals surface area contributed by atoms with Crippen LogP contribution in [0.3, 0.4) is 0 Å². The Morgan fingerprint density at radius 2 is 2.45 bits per heavy atom. The van der Waals surface area contributed by atoms with Gasteiger partial charge < -0.3 is 0 Å². The van der Waals surface area contributed by atoms with E-state index in [0.717, 1.165) is 11.6 Å². The molecule has 0 spiro atoms. The van der Waals surface area contributed by atoms with Crippen LogP contribution < -0.4 is 0 Å². The molecule has 11 heavy (non-hydrogen) atoms. The second-order valence-electron chi connectivity index (χ2n) is 3.51. The Kier molecular flexibility index (Phi) is 1.64. The summed E-state index contributed by atoms with van der Waals surface area (Å²) < 4.78 is 0. The summed E-state index contributed by atoms with van der Waals surface area (Å²) in [5, 5.41) is 10.6. The van der Waals surface area contributed by atoms with Crippen LogP contribution in [-0.2, 0) is 0 Å². The normalized spacial score (nSPS) is 31.0. The third-order valence-electron chi connectivity index (χ3n) is 2.55. The van der Waals surface area contributed by atoms with Gasteiger partial charge in [0.2, 0.25) is 0 Å². The van der Waals surface area contributed by atoms with E-state index in [1.54, 1.807) is 0 Å². The van der Waals surface area contributed by atoms with Gasteiger partial charge in [-0.2, -0.15) is 15.4 Å². The van der Waals surface area contributed by atoms with E-state index in [9.17, 15) is 0 Å². The van der Waals surface area contributed by atoms with E-state index in [1.807, 2.05) is 6.20 Å². The van der Waals surface area contributed by atoms with Gasteiger partial charge in [-0.25, -0.2) is 0 Å². The van der Waals surface area contributed by atoms with Crippen LogP contribution in [0.2, 0.25) is 0 Å². The van der Waals surface area contributed by atoms with Gasteiger partial charge in [0.1, 0.15) is 0 Å². The maximum atomic E-state index is 4.10. The van der Waals surface area contributed by atoms with Crippen molar-refractivity contribution in [3.63, 3.8) is 0 Å². The highest BCUT2D eigenvalue weighted by Gasteiger charge is 2.24. The topological polar surface area (TPSA) is 41.6 Å². The Morgan fingerprint density at radius 1 is 1.55 bits per heavy atom. The van der Waals surface area contributed by atoms with Gasteiger partial charge in [0.25, 0.3) is 0 Å². The standard InChI is InChI=1S/C8H13N3/c1-6-2-3-7(4-6)8-5-9-11-10-8/h5-7H,2-4H2,1H3,(H,9,10,11)/t6-,7?/m0/s1. The summed E-state index contributed by atoms with van der Waals surface area (Å²) in [4.78, 5) is 0. The van der Waals surface area contributed by atoms with Crippen molar-refractivity contribution < 1.29 is 0 Å². The van der Waals surface area contributed by atoms with Crippen LogP contribution in [0.5, 0.6) is 0 Å². The zero-order valence-electron chi connectivity index (χ0n) is 6.75. The molecule has 1 aliphatic rings. The van der Waals surface area contributed by atoms with Crippen molar-refractivity contribution in [1.82, 2.24) is 15.4 Å². The Hall–Kier alpha value is -0.860. The molecule has 1 fully saturated rings. The van der Waals surface area contributed by atoms with Gasteiger partial charge in [-0.15, -0.1) is 0 Å². The minimum absolute atomic E-state index is 0.670. The first kappa shape index (κ1) is 6.83. The summed E-state index contributed by atoms with van der Waals surface area (Å²) in [6.07, 6.45) is 5.76. The maximum absolute atomic E-state index is 4.10. The van der Waals surface area contributed by atoms with Gasteiger partial charge in [0.15, 0.2) is 0 Å². The maximum Gasteiger partial charge on any atom is 0.0855 e. The number of nitrogens with zero attached hydrogens (tertiary/aromatic N) is 2. The van der Waals surface area contributed by atoms with Gasteiger partial charge in [-0.3, -0.25) is 0 Å². The zero-order valence-corrected chi connectivity index (χ0v) is 6.75. The minimum Gasteiger partial charge on any atom is -0.198 e. The molecule has 1 aromatic rings. The summed E-state index contributed by atoms with van der Waals surface area (Å²) in [5.41, 5.74) is 1.15. The lowest BCUT2D eigenvalue weighted by atomic mass is 10.0. The SMILES string of the molecule is C[C@H]1CCC(c2cn[nH]n2)C1. The minimum atomic E-state index is 0.670. The Balaban J connectivity index is 2.08. The largest absolute Gasteiger partial charge is 0.198 e. The zero-order chi connectivity index (χ0) is 7.68. The molecule has 2 atom stereocenters. The second-order valence-corrected chi connectivity index (χ2v) is 3.51. The molecule has 1 unspecified atom stereocenters. The van der Waals surface area contributed by atoms with Crippen molar-refractivity contribution in [1.29, 1.82) is 0 Å². The molecule has 1 aliphatic carbocycles. The molecular weight excluding hydrogens is 138 g/mol. The Labute approximate surface area is 66.2 Å². The first-order chi connectivity index (χ1) is 5.36. The highest BCUT2D eigenvalue weighted by Crippen LogP contribution is 2.36. The molecule has 0 aliphatic heterocycles. The summed E-state index contributed by atoms with van der Waals surface area (Å²) in [5.74, 6) is 1.54. The molecule has 1 N–H and O–H groups in total. The molecule has 0 radical (unpaired) electrons. The fourth-order valence-corrected chi connectivity index (χ4v) is 1.88. The van der Waals surface area contributed by atoms with Crippen molar-refractivity contribution in [2.24, 2.45) is 5.92 Å². The van der Waals surface area contributed by atoms with Crippen LogP contribution in [0.4, 0.5) is 0 Å². The number of rotatable bonds is 1. The summed E-state index contributed by atoms with van der Waals surface area (Å²) in [7, 11) is 0. The van der Waals surface area contributed by atoms with Crippen LogP contribution in [-0.4, -0.2) is 15.4 Å². The fraction of sp³-hybridized carbons (Fsp3) is 0.750. The van der Waals surface area contributed by atoms with Gasteiger partial charge in [-0.1, -0.05) is 13.3 Å². The van der Waals surface area contributed by atoms with E-state index >= 15 is 0 Å². The Morgan fingerprint density at radius 3 is 3.00 bits per heavy atom. The second kappa shape index (κ2) is 2.64. The van der Waals surface area contributed by atoms with E-state index in [4.69, 9.17) is 0 Å². The quantitative estimate of drug-likeness (QED) is 0.663. The number of aromatic nitrogens is 3. The van der Waals surface area contributed by atoms with Gasteiger partial charge >= 0.3 is 0 Å². The molecule has 1 saturated carbocycles. The molecule has 0 saturated heterocycles. The molecule has 60 valence electrons. The monoisotopic (exact) mass is 151 g/mol. The lowest BCUT2D eigenvalue weighted by Crippen LogP contribution is -1.93. The first-order valence-corrected chi connectivity index (χ1v) is 4.22.